The Morgan fingerprint density at radius 3 is 2.00 bits per heavy atom. The van der Waals surface area contributed by atoms with Crippen molar-refractivity contribution in [3.8, 4) is 0 Å². The number of carboxylic acids is 1. The normalized spacial score (nSPS) is 14.2. The Hall–Kier alpha value is -0.830. The summed E-state index contributed by atoms with van der Waals surface area (Å²) >= 11 is 0. The molecule has 0 rings (SSSR count). The van der Waals surface area contributed by atoms with Crippen molar-refractivity contribution >= 4 is 5.97 Å². The van der Waals surface area contributed by atoms with Crippen molar-refractivity contribution in [2.45, 2.75) is 26.9 Å². The van der Waals surface area contributed by atoms with Gasteiger partial charge in [-0.1, -0.05) is 12.2 Å². The standard InChI is InChI=1S/C8H14O3/c1-5(2)6(9)8(3,4)7(10)11/h6,9H,1H2,2-4H3,(H,10,11). The minimum atomic E-state index is -1.15. The first kappa shape index (κ1) is 10.2. The van der Waals surface area contributed by atoms with Gasteiger partial charge >= 0.3 is 5.97 Å². The average Bonchev–Trinajstić information content (AvgIpc) is 1.85. The molecule has 0 aliphatic heterocycles. The molecule has 1 atom stereocenters. The summed E-state index contributed by atoms with van der Waals surface area (Å²) in [4.78, 5) is 10.6. The van der Waals surface area contributed by atoms with E-state index in [0.717, 1.165) is 0 Å². The van der Waals surface area contributed by atoms with Gasteiger partial charge in [-0.2, -0.15) is 0 Å². The molecular weight excluding hydrogens is 144 g/mol. The Morgan fingerprint density at radius 1 is 1.55 bits per heavy atom. The van der Waals surface area contributed by atoms with Gasteiger partial charge in [-0.3, -0.25) is 4.79 Å². The van der Waals surface area contributed by atoms with Crippen LogP contribution in [-0.2, 0) is 4.79 Å². The van der Waals surface area contributed by atoms with Crippen molar-refractivity contribution < 1.29 is 15.0 Å². The van der Waals surface area contributed by atoms with Crippen molar-refractivity contribution in [1.29, 1.82) is 0 Å². The monoisotopic (exact) mass is 158 g/mol. The van der Waals surface area contributed by atoms with Crippen LogP contribution in [0.5, 0.6) is 0 Å². The fraction of sp³-hybridized carbons (Fsp3) is 0.625. The van der Waals surface area contributed by atoms with E-state index in [1.807, 2.05) is 0 Å². The van der Waals surface area contributed by atoms with E-state index >= 15 is 0 Å². The fourth-order valence-corrected chi connectivity index (χ4v) is 0.733. The second-order valence-electron chi connectivity index (χ2n) is 3.28. The molecule has 0 amide bonds. The van der Waals surface area contributed by atoms with Gasteiger partial charge in [0.2, 0.25) is 0 Å². The van der Waals surface area contributed by atoms with Crippen LogP contribution in [0.15, 0.2) is 12.2 Å². The summed E-state index contributed by atoms with van der Waals surface area (Å²) in [6.07, 6.45) is -0.986. The highest BCUT2D eigenvalue weighted by molar-refractivity contribution is 5.75. The summed E-state index contributed by atoms with van der Waals surface area (Å²) in [5.41, 5.74) is -0.677. The Balaban J connectivity index is 4.55. The van der Waals surface area contributed by atoms with E-state index in [-0.39, 0.29) is 0 Å². The molecule has 0 saturated heterocycles. The highest BCUT2D eigenvalue weighted by Crippen LogP contribution is 2.24. The van der Waals surface area contributed by atoms with Crippen LogP contribution >= 0.6 is 0 Å². The number of aliphatic hydroxyl groups excluding tert-OH is 1. The summed E-state index contributed by atoms with van der Waals surface area (Å²) in [7, 11) is 0. The van der Waals surface area contributed by atoms with E-state index in [9.17, 15) is 9.90 Å². The van der Waals surface area contributed by atoms with Crippen molar-refractivity contribution in [1.82, 2.24) is 0 Å². The number of hydrogen-bond acceptors (Lipinski definition) is 2. The molecule has 0 aliphatic rings. The molecule has 64 valence electrons. The molecule has 0 aromatic carbocycles. The zero-order valence-electron chi connectivity index (χ0n) is 7.09. The van der Waals surface area contributed by atoms with Crippen molar-refractivity contribution in [3.05, 3.63) is 12.2 Å². The lowest BCUT2D eigenvalue weighted by atomic mass is 9.83. The highest BCUT2D eigenvalue weighted by Gasteiger charge is 2.35. The summed E-state index contributed by atoms with van der Waals surface area (Å²) < 4.78 is 0. The lowest BCUT2D eigenvalue weighted by molar-refractivity contribution is -0.151. The molecule has 0 aromatic heterocycles. The van der Waals surface area contributed by atoms with E-state index in [1.54, 1.807) is 6.92 Å². The molecule has 3 heteroatoms. The minimum absolute atomic E-state index is 0.470. The van der Waals surface area contributed by atoms with Crippen LogP contribution in [0.2, 0.25) is 0 Å². The first-order chi connectivity index (χ1) is 4.80. The van der Waals surface area contributed by atoms with Gasteiger partial charge in [0.1, 0.15) is 0 Å². The predicted octanol–water partition coefficient (Wildman–Crippen LogP) is 1.03. The van der Waals surface area contributed by atoms with Crippen LogP contribution in [0.1, 0.15) is 20.8 Å². The van der Waals surface area contributed by atoms with Crippen LogP contribution in [0.3, 0.4) is 0 Å². The van der Waals surface area contributed by atoms with E-state index < -0.39 is 17.5 Å². The number of rotatable bonds is 3. The average molecular weight is 158 g/mol. The molecule has 1 unspecified atom stereocenters. The number of carboxylic acid groups (broad SMARTS) is 1. The maximum Gasteiger partial charge on any atom is 0.312 e. The lowest BCUT2D eigenvalue weighted by Crippen LogP contribution is -2.37. The van der Waals surface area contributed by atoms with Crippen LogP contribution < -0.4 is 0 Å². The van der Waals surface area contributed by atoms with Gasteiger partial charge in [0.25, 0.3) is 0 Å². The molecule has 0 saturated carbocycles. The van der Waals surface area contributed by atoms with Gasteiger partial charge in [-0.25, -0.2) is 0 Å². The zero-order chi connectivity index (χ0) is 9.23. The Morgan fingerprint density at radius 2 is 1.91 bits per heavy atom. The first-order valence-electron chi connectivity index (χ1n) is 3.37. The molecule has 0 radical (unpaired) electrons. The van der Waals surface area contributed by atoms with E-state index in [1.165, 1.54) is 13.8 Å². The maximum atomic E-state index is 10.6. The Kier molecular flexibility index (Phi) is 2.82. The first-order valence-corrected chi connectivity index (χ1v) is 3.37. The SMILES string of the molecule is C=C(C)C(O)C(C)(C)C(=O)O. The van der Waals surface area contributed by atoms with Crippen molar-refractivity contribution in [2.24, 2.45) is 5.41 Å². The third kappa shape index (κ3) is 2.05. The third-order valence-electron chi connectivity index (χ3n) is 1.70. The summed E-state index contributed by atoms with van der Waals surface area (Å²) in [5, 5.41) is 18.0. The molecule has 3 nitrogen and oxygen atoms in total. The van der Waals surface area contributed by atoms with Gasteiger partial charge in [0.05, 0.1) is 11.5 Å². The second-order valence-corrected chi connectivity index (χ2v) is 3.28. The summed E-state index contributed by atoms with van der Waals surface area (Å²) in [6, 6.07) is 0. The Labute approximate surface area is 66.4 Å². The molecule has 11 heavy (non-hydrogen) atoms. The zero-order valence-corrected chi connectivity index (χ0v) is 7.09. The second kappa shape index (κ2) is 3.05. The molecule has 0 fully saturated rings. The molecule has 2 N–H and O–H groups in total. The highest BCUT2D eigenvalue weighted by atomic mass is 16.4. The number of carbonyl (C=O) groups is 1. The van der Waals surface area contributed by atoms with Crippen LogP contribution in [0.4, 0.5) is 0 Å². The quantitative estimate of drug-likeness (QED) is 0.603. The minimum Gasteiger partial charge on any atom is -0.481 e. The summed E-state index contributed by atoms with van der Waals surface area (Å²) in [5.74, 6) is -1.02. The smallest absolute Gasteiger partial charge is 0.312 e. The maximum absolute atomic E-state index is 10.6. The summed E-state index contributed by atoms with van der Waals surface area (Å²) in [6.45, 7) is 8.03. The van der Waals surface area contributed by atoms with E-state index in [2.05, 4.69) is 6.58 Å². The molecular formula is C8H14O3. The van der Waals surface area contributed by atoms with Crippen LogP contribution in [0.25, 0.3) is 0 Å². The fourth-order valence-electron chi connectivity index (χ4n) is 0.733. The molecule has 0 bridgehead atoms. The van der Waals surface area contributed by atoms with Gasteiger partial charge in [-0.05, 0) is 20.8 Å². The van der Waals surface area contributed by atoms with E-state index in [4.69, 9.17) is 5.11 Å². The molecule has 0 spiro atoms. The number of aliphatic carboxylic acids is 1. The van der Waals surface area contributed by atoms with Gasteiger partial charge in [0.15, 0.2) is 0 Å². The van der Waals surface area contributed by atoms with Crippen LogP contribution in [0, 0.1) is 5.41 Å². The van der Waals surface area contributed by atoms with Crippen molar-refractivity contribution in [3.63, 3.8) is 0 Å². The van der Waals surface area contributed by atoms with Gasteiger partial charge in [0, 0.05) is 0 Å². The molecule has 0 aromatic rings. The Bertz CT molecular complexity index is 182. The lowest BCUT2D eigenvalue weighted by Gasteiger charge is -2.25. The van der Waals surface area contributed by atoms with Crippen LogP contribution in [-0.4, -0.2) is 22.3 Å². The third-order valence-corrected chi connectivity index (χ3v) is 1.70. The van der Waals surface area contributed by atoms with Crippen molar-refractivity contribution in [2.75, 3.05) is 0 Å². The van der Waals surface area contributed by atoms with E-state index in [0.29, 0.717) is 5.57 Å². The number of hydrogen-bond donors (Lipinski definition) is 2. The molecule has 0 aliphatic carbocycles. The van der Waals surface area contributed by atoms with Gasteiger partial charge in [-0.15, -0.1) is 0 Å². The largest absolute Gasteiger partial charge is 0.481 e. The predicted molar refractivity (Wildman–Crippen MR) is 42.2 cm³/mol. The van der Waals surface area contributed by atoms with Gasteiger partial charge < -0.3 is 10.2 Å². The number of aliphatic hydroxyl groups is 1. The molecule has 0 heterocycles. The topological polar surface area (TPSA) is 57.5 Å².